The molecule has 0 aromatic heterocycles. The second-order valence-corrected chi connectivity index (χ2v) is 6.60. The number of carboxylic acids is 1. The van der Waals surface area contributed by atoms with Gasteiger partial charge in [-0.1, -0.05) is 26.2 Å². The zero-order valence-corrected chi connectivity index (χ0v) is 13.4. The molecule has 0 bridgehead atoms. The van der Waals surface area contributed by atoms with Crippen molar-refractivity contribution in [2.75, 3.05) is 5.75 Å². The molecule has 1 rings (SSSR count). The quantitative estimate of drug-likeness (QED) is 0.555. The Hall–Kier alpha value is -0.790. The first-order chi connectivity index (χ1) is 9.93. The molecule has 1 fully saturated rings. The highest BCUT2D eigenvalue weighted by molar-refractivity contribution is 8.00. The lowest BCUT2D eigenvalue weighted by Gasteiger charge is -2.20. The Balaban J connectivity index is 2.45. The summed E-state index contributed by atoms with van der Waals surface area (Å²) >= 11 is 1.45. The molecule has 122 valence electrons. The third-order valence-electron chi connectivity index (χ3n) is 3.43. The van der Waals surface area contributed by atoms with Crippen molar-refractivity contribution in [3.05, 3.63) is 0 Å². The number of unbranched alkanes of at least 4 members (excludes halogenated alkanes) is 2. The Morgan fingerprint density at radius 2 is 2.14 bits per heavy atom. The number of aliphatic carboxylic acids is 1. The van der Waals surface area contributed by atoms with Gasteiger partial charge >= 0.3 is 5.97 Å². The van der Waals surface area contributed by atoms with Gasteiger partial charge in [0.1, 0.15) is 6.04 Å². The Morgan fingerprint density at radius 3 is 2.71 bits per heavy atom. The van der Waals surface area contributed by atoms with E-state index in [0.29, 0.717) is 6.42 Å². The lowest BCUT2D eigenvalue weighted by molar-refractivity contribution is -0.140. The molecule has 7 heteroatoms. The van der Waals surface area contributed by atoms with Crippen molar-refractivity contribution in [3.63, 3.8) is 0 Å². The fourth-order valence-electron chi connectivity index (χ4n) is 2.36. The third kappa shape index (κ3) is 6.67. The highest BCUT2D eigenvalue weighted by atomic mass is 32.2. The van der Waals surface area contributed by atoms with E-state index in [1.807, 2.05) is 0 Å². The average Bonchev–Trinajstić information content (AvgIpc) is 2.74. The molecule has 0 radical (unpaired) electrons. The zero-order chi connectivity index (χ0) is 15.8. The number of carbonyl (C=O) groups excluding carboxylic acids is 1. The maximum atomic E-state index is 11.1. The van der Waals surface area contributed by atoms with Gasteiger partial charge in [0, 0.05) is 24.3 Å². The minimum Gasteiger partial charge on any atom is -0.480 e. The van der Waals surface area contributed by atoms with Crippen LogP contribution in [0.25, 0.3) is 0 Å². The molecule has 1 amide bonds. The topological polar surface area (TPSA) is 95.9 Å². The van der Waals surface area contributed by atoms with Crippen LogP contribution in [0.2, 0.25) is 0 Å². The maximum absolute atomic E-state index is 11.1. The highest BCUT2D eigenvalue weighted by Crippen LogP contribution is 2.33. The Morgan fingerprint density at radius 1 is 1.43 bits per heavy atom. The van der Waals surface area contributed by atoms with Crippen molar-refractivity contribution in [3.8, 4) is 0 Å². The van der Waals surface area contributed by atoms with Crippen molar-refractivity contribution in [2.45, 2.75) is 69.6 Å². The third-order valence-corrected chi connectivity index (χ3v) is 4.88. The van der Waals surface area contributed by atoms with Crippen molar-refractivity contribution < 1.29 is 24.5 Å². The van der Waals surface area contributed by atoms with Gasteiger partial charge in [-0.05, 0) is 6.42 Å². The van der Waals surface area contributed by atoms with Crippen molar-refractivity contribution in [2.24, 2.45) is 0 Å². The second kappa shape index (κ2) is 9.27. The van der Waals surface area contributed by atoms with Crippen LogP contribution >= 0.6 is 11.8 Å². The molecule has 1 saturated heterocycles. The van der Waals surface area contributed by atoms with Gasteiger partial charge in [0.2, 0.25) is 5.91 Å². The second-order valence-electron chi connectivity index (χ2n) is 5.32. The predicted octanol–water partition coefficient (Wildman–Crippen LogP) is 1.37. The Kier molecular flexibility index (Phi) is 8.06. The van der Waals surface area contributed by atoms with Crippen LogP contribution < -0.4 is 5.32 Å². The molecule has 0 spiro atoms. The molecule has 0 aliphatic carbocycles. The van der Waals surface area contributed by atoms with E-state index in [1.54, 1.807) is 0 Å². The first kappa shape index (κ1) is 18.3. The number of hydrogen-bond acceptors (Lipinski definition) is 5. The zero-order valence-electron chi connectivity index (χ0n) is 12.6. The summed E-state index contributed by atoms with van der Waals surface area (Å²) in [7, 11) is 0. The van der Waals surface area contributed by atoms with Gasteiger partial charge in [-0.15, -0.1) is 0 Å². The summed E-state index contributed by atoms with van der Waals surface area (Å²) < 4.78 is 5.49. The number of nitrogens with one attached hydrogen (secondary N) is 1. The van der Waals surface area contributed by atoms with Gasteiger partial charge in [-0.25, -0.2) is 4.79 Å². The van der Waals surface area contributed by atoms with E-state index >= 15 is 0 Å². The summed E-state index contributed by atoms with van der Waals surface area (Å²) in [6, 6.07) is -0.901. The van der Waals surface area contributed by atoms with Crippen molar-refractivity contribution in [1.29, 1.82) is 0 Å². The van der Waals surface area contributed by atoms with Crippen molar-refractivity contribution in [1.82, 2.24) is 5.32 Å². The molecule has 3 N–H and O–H groups in total. The number of thioether (sulfide) groups is 1. The Bertz CT molecular complexity index is 352. The number of amides is 1. The lowest BCUT2D eigenvalue weighted by atomic mass is 10.1. The van der Waals surface area contributed by atoms with Gasteiger partial charge in [0.25, 0.3) is 0 Å². The van der Waals surface area contributed by atoms with E-state index in [9.17, 15) is 14.7 Å². The fraction of sp³-hybridized carbons (Fsp3) is 0.857. The summed E-state index contributed by atoms with van der Waals surface area (Å²) in [5, 5.41) is 21.2. The molecule has 0 aromatic carbocycles. The number of ether oxygens (including phenoxy) is 1. The normalized spacial score (nSPS) is 26.5. The number of carboxylic acid groups (broad SMARTS) is 1. The number of hydrogen-bond donors (Lipinski definition) is 3. The number of carbonyl (C=O) groups is 2. The predicted molar refractivity (Wildman–Crippen MR) is 81.1 cm³/mol. The molecule has 4 atom stereocenters. The van der Waals surface area contributed by atoms with Gasteiger partial charge in [0.05, 0.1) is 6.10 Å². The van der Waals surface area contributed by atoms with Crippen LogP contribution in [0.5, 0.6) is 0 Å². The van der Waals surface area contributed by atoms with E-state index in [2.05, 4.69) is 12.2 Å². The van der Waals surface area contributed by atoms with Crippen LogP contribution in [0.15, 0.2) is 0 Å². The highest BCUT2D eigenvalue weighted by Gasteiger charge is 2.35. The standard InChI is InChI=1S/C14H25NO5S/c1-3-4-5-6-11-12(7-13(17)20-11)21-8-10(14(18)19)15-9(2)16/h10-13,17H,3-8H2,1-2H3,(H,15,16)(H,18,19)/t10-,11-,12-,13+/m0/s1. The van der Waals surface area contributed by atoms with Gasteiger partial charge < -0.3 is 20.3 Å². The average molecular weight is 319 g/mol. The smallest absolute Gasteiger partial charge is 0.327 e. The van der Waals surface area contributed by atoms with Crippen LogP contribution in [-0.4, -0.2) is 51.5 Å². The first-order valence-corrected chi connectivity index (χ1v) is 8.44. The molecule has 6 nitrogen and oxygen atoms in total. The van der Waals surface area contributed by atoms with Crippen LogP contribution in [0, 0.1) is 0 Å². The monoisotopic (exact) mass is 319 g/mol. The molecule has 0 unspecified atom stereocenters. The lowest BCUT2D eigenvalue weighted by Crippen LogP contribution is -2.42. The molecule has 0 aromatic rings. The minimum absolute atomic E-state index is 0.0386. The maximum Gasteiger partial charge on any atom is 0.327 e. The SMILES string of the molecule is CCCCC[C@@H]1O[C@@H](O)C[C@@H]1SC[C@H](NC(C)=O)C(=O)O. The summed E-state index contributed by atoms with van der Waals surface area (Å²) in [5.74, 6) is -1.12. The number of aliphatic hydroxyl groups excluding tert-OH is 1. The number of aliphatic hydroxyl groups is 1. The minimum atomic E-state index is -1.04. The molecule has 0 saturated carbocycles. The largest absolute Gasteiger partial charge is 0.480 e. The number of rotatable bonds is 9. The van der Waals surface area contributed by atoms with E-state index in [-0.39, 0.29) is 23.0 Å². The summed E-state index contributed by atoms with van der Waals surface area (Å²) in [4.78, 5) is 22.1. The summed E-state index contributed by atoms with van der Waals surface area (Å²) in [6.07, 6.45) is 3.86. The van der Waals surface area contributed by atoms with Crippen molar-refractivity contribution >= 4 is 23.6 Å². The van der Waals surface area contributed by atoms with E-state index in [4.69, 9.17) is 9.84 Å². The molecular weight excluding hydrogens is 294 g/mol. The van der Waals surface area contributed by atoms with E-state index in [1.165, 1.54) is 18.7 Å². The first-order valence-electron chi connectivity index (χ1n) is 7.39. The Labute approximate surface area is 129 Å². The molecule has 1 heterocycles. The summed E-state index contributed by atoms with van der Waals surface area (Å²) in [6.45, 7) is 3.43. The van der Waals surface area contributed by atoms with E-state index in [0.717, 1.165) is 25.7 Å². The van der Waals surface area contributed by atoms with E-state index < -0.39 is 18.3 Å². The fourth-order valence-corrected chi connectivity index (χ4v) is 3.74. The van der Waals surface area contributed by atoms with Crippen LogP contribution in [-0.2, 0) is 14.3 Å². The van der Waals surface area contributed by atoms with Gasteiger partial charge in [-0.2, -0.15) is 11.8 Å². The summed E-state index contributed by atoms with van der Waals surface area (Å²) in [5.41, 5.74) is 0. The van der Waals surface area contributed by atoms with Gasteiger partial charge in [0.15, 0.2) is 6.29 Å². The molecule has 1 aliphatic heterocycles. The van der Waals surface area contributed by atoms with Crippen LogP contribution in [0.1, 0.15) is 46.0 Å². The van der Waals surface area contributed by atoms with Crippen LogP contribution in [0.3, 0.4) is 0 Å². The molecular formula is C14H25NO5S. The van der Waals surface area contributed by atoms with Gasteiger partial charge in [-0.3, -0.25) is 4.79 Å². The molecule has 1 aliphatic rings. The molecule has 21 heavy (non-hydrogen) atoms. The van der Waals surface area contributed by atoms with Crippen LogP contribution in [0.4, 0.5) is 0 Å².